The van der Waals surface area contributed by atoms with Crippen LogP contribution in [0.4, 0.5) is 8.78 Å². The Morgan fingerprint density at radius 2 is 2.11 bits per heavy atom. The molecule has 1 aliphatic heterocycles. The van der Waals surface area contributed by atoms with Crippen LogP contribution in [0, 0.1) is 17.0 Å². The van der Waals surface area contributed by atoms with Crippen LogP contribution in [-0.2, 0) is 19.9 Å². The predicted octanol–water partition coefficient (Wildman–Crippen LogP) is 3.11. The summed E-state index contributed by atoms with van der Waals surface area (Å²) < 4.78 is 28.9. The van der Waals surface area contributed by atoms with Crippen molar-refractivity contribution in [3.63, 3.8) is 0 Å². The molecule has 0 aliphatic carbocycles. The quantitative estimate of drug-likeness (QED) is 0.823. The van der Waals surface area contributed by atoms with Crippen LogP contribution in [-0.4, -0.2) is 45.4 Å². The molecule has 5 nitrogen and oxygen atoms in total. The lowest BCUT2D eigenvalue weighted by atomic mass is 9.75. The van der Waals surface area contributed by atoms with Crippen molar-refractivity contribution >= 4 is 5.91 Å². The number of aryl methyl sites for hydroxylation is 2. The summed E-state index contributed by atoms with van der Waals surface area (Å²) in [5, 5.41) is 14.5. The summed E-state index contributed by atoms with van der Waals surface area (Å²) in [5.41, 5.74) is 1.12. The van der Waals surface area contributed by atoms with E-state index in [1.165, 1.54) is 12.1 Å². The van der Waals surface area contributed by atoms with E-state index in [-0.39, 0.29) is 18.9 Å². The number of carbonyl (C=O) groups excluding carboxylic acids is 1. The van der Waals surface area contributed by atoms with Gasteiger partial charge in [-0.2, -0.15) is 5.10 Å². The standard InChI is InChI=1S/C21H27F2N3O2/c1-3-5-17-11-19(25(2)24-17)20(28)26-9-4-8-21(13-26,14-27)12-15-6-7-16(22)10-18(15)23/h6-7,10-11,27H,3-5,8-9,12-14H2,1-2H3. The highest BCUT2D eigenvalue weighted by molar-refractivity contribution is 5.92. The number of aliphatic hydroxyl groups is 1. The van der Waals surface area contributed by atoms with E-state index in [0.717, 1.165) is 31.0 Å². The summed E-state index contributed by atoms with van der Waals surface area (Å²) in [6.45, 7) is 2.80. The van der Waals surface area contributed by atoms with Crippen LogP contribution < -0.4 is 0 Å². The number of carbonyl (C=O) groups is 1. The smallest absolute Gasteiger partial charge is 0.272 e. The first-order valence-electron chi connectivity index (χ1n) is 9.74. The van der Waals surface area contributed by atoms with Gasteiger partial charge in [0.05, 0.1) is 12.3 Å². The number of nitrogens with zero attached hydrogens (tertiary/aromatic N) is 3. The van der Waals surface area contributed by atoms with E-state index < -0.39 is 17.0 Å². The van der Waals surface area contributed by atoms with Crippen molar-refractivity contribution in [2.24, 2.45) is 12.5 Å². The highest BCUT2D eigenvalue weighted by Crippen LogP contribution is 2.34. The van der Waals surface area contributed by atoms with Gasteiger partial charge in [0.1, 0.15) is 17.3 Å². The molecular weight excluding hydrogens is 364 g/mol. The molecule has 1 fully saturated rings. The first-order chi connectivity index (χ1) is 13.4. The number of piperidine rings is 1. The highest BCUT2D eigenvalue weighted by atomic mass is 19.1. The number of hydrogen-bond acceptors (Lipinski definition) is 3. The number of benzene rings is 1. The minimum Gasteiger partial charge on any atom is -0.396 e. The summed E-state index contributed by atoms with van der Waals surface area (Å²) >= 11 is 0. The molecule has 2 heterocycles. The third kappa shape index (κ3) is 4.24. The third-order valence-electron chi connectivity index (χ3n) is 5.52. The number of hydrogen-bond donors (Lipinski definition) is 1. The molecule has 3 rings (SSSR count). The maximum atomic E-state index is 14.1. The number of halogens is 2. The Labute approximate surface area is 164 Å². The number of aliphatic hydroxyl groups excluding tert-OH is 1. The number of likely N-dealkylation sites (tertiary alicyclic amines) is 1. The maximum absolute atomic E-state index is 14.1. The Morgan fingerprint density at radius 1 is 1.32 bits per heavy atom. The van der Waals surface area contributed by atoms with Crippen molar-refractivity contribution in [3.05, 3.63) is 52.9 Å². The van der Waals surface area contributed by atoms with Crippen molar-refractivity contribution < 1.29 is 18.7 Å². The molecule has 0 bridgehead atoms. The summed E-state index contributed by atoms with van der Waals surface area (Å²) in [4.78, 5) is 14.8. The molecule has 7 heteroatoms. The van der Waals surface area contributed by atoms with Crippen LogP contribution in [0.5, 0.6) is 0 Å². The second kappa shape index (κ2) is 8.39. The minimum absolute atomic E-state index is 0.130. The zero-order valence-corrected chi connectivity index (χ0v) is 16.4. The molecular formula is C21H27F2N3O2. The Hall–Kier alpha value is -2.28. The molecule has 1 saturated heterocycles. The molecule has 28 heavy (non-hydrogen) atoms. The Morgan fingerprint density at radius 3 is 2.79 bits per heavy atom. The van der Waals surface area contributed by atoms with Crippen LogP contribution >= 0.6 is 0 Å². The van der Waals surface area contributed by atoms with E-state index in [9.17, 15) is 18.7 Å². The lowest BCUT2D eigenvalue weighted by Gasteiger charge is -2.42. The summed E-state index contributed by atoms with van der Waals surface area (Å²) in [5.74, 6) is -1.37. The average Bonchev–Trinajstić information content (AvgIpc) is 3.04. The van der Waals surface area contributed by atoms with E-state index in [4.69, 9.17) is 0 Å². The zero-order valence-electron chi connectivity index (χ0n) is 16.4. The van der Waals surface area contributed by atoms with Crippen LogP contribution in [0.1, 0.15) is 47.9 Å². The Kier molecular flexibility index (Phi) is 6.13. The monoisotopic (exact) mass is 391 g/mol. The molecule has 1 unspecified atom stereocenters. The fourth-order valence-electron chi connectivity index (χ4n) is 4.05. The van der Waals surface area contributed by atoms with Crippen LogP contribution in [0.3, 0.4) is 0 Å². The molecule has 1 aromatic carbocycles. The van der Waals surface area contributed by atoms with Gasteiger partial charge in [0.15, 0.2) is 0 Å². The third-order valence-corrected chi connectivity index (χ3v) is 5.52. The lowest BCUT2D eigenvalue weighted by Crippen LogP contribution is -2.49. The number of rotatable bonds is 6. The zero-order chi connectivity index (χ0) is 20.3. The SMILES string of the molecule is CCCc1cc(C(=O)N2CCCC(CO)(Cc3ccc(F)cc3F)C2)n(C)n1. The van der Waals surface area contributed by atoms with Gasteiger partial charge < -0.3 is 10.0 Å². The largest absolute Gasteiger partial charge is 0.396 e. The van der Waals surface area contributed by atoms with E-state index in [2.05, 4.69) is 12.0 Å². The first-order valence-corrected chi connectivity index (χ1v) is 9.74. The molecule has 0 spiro atoms. The Balaban J connectivity index is 1.80. The number of aromatic nitrogens is 2. The molecule has 0 radical (unpaired) electrons. The summed E-state index contributed by atoms with van der Waals surface area (Å²) in [7, 11) is 1.75. The van der Waals surface area contributed by atoms with Gasteiger partial charge in [-0.3, -0.25) is 9.48 Å². The maximum Gasteiger partial charge on any atom is 0.272 e. The van der Waals surface area contributed by atoms with Crippen LogP contribution in [0.15, 0.2) is 24.3 Å². The van der Waals surface area contributed by atoms with E-state index in [0.29, 0.717) is 30.8 Å². The van der Waals surface area contributed by atoms with Gasteiger partial charge in [0.2, 0.25) is 0 Å². The van der Waals surface area contributed by atoms with Gasteiger partial charge in [0, 0.05) is 31.6 Å². The Bertz CT molecular complexity index is 852. The van der Waals surface area contributed by atoms with Crippen LogP contribution in [0.25, 0.3) is 0 Å². The van der Waals surface area contributed by atoms with Crippen molar-refractivity contribution in [3.8, 4) is 0 Å². The van der Waals surface area contributed by atoms with Gasteiger partial charge in [-0.1, -0.05) is 19.4 Å². The van der Waals surface area contributed by atoms with Crippen LogP contribution in [0.2, 0.25) is 0 Å². The van der Waals surface area contributed by atoms with Gasteiger partial charge in [-0.25, -0.2) is 8.78 Å². The van der Waals surface area contributed by atoms with E-state index >= 15 is 0 Å². The first kappa shape index (κ1) is 20.5. The second-order valence-electron chi connectivity index (χ2n) is 7.80. The van der Waals surface area contributed by atoms with E-state index in [1.54, 1.807) is 16.6 Å². The van der Waals surface area contributed by atoms with Gasteiger partial charge in [-0.05, 0) is 43.4 Å². The van der Waals surface area contributed by atoms with Crippen molar-refractivity contribution in [1.82, 2.24) is 14.7 Å². The molecule has 1 atom stereocenters. The minimum atomic E-state index is -0.641. The van der Waals surface area contributed by atoms with Crippen molar-refractivity contribution in [1.29, 1.82) is 0 Å². The normalized spacial score (nSPS) is 19.8. The number of amides is 1. The average molecular weight is 391 g/mol. The molecule has 1 aromatic heterocycles. The topological polar surface area (TPSA) is 58.4 Å². The lowest BCUT2D eigenvalue weighted by molar-refractivity contribution is 0.0261. The molecule has 1 N–H and O–H groups in total. The van der Waals surface area contributed by atoms with Gasteiger partial charge in [0.25, 0.3) is 5.91 Å². The summed E-state index contributed by atoms with van der Waals surface area (Å²) in [6.07, 6.45) is 3.41. The molecule has 0 saturated carbocycles. The molecule has 1 aliphatic rings. The highest BCUT2D eigenvalue weighted by Gasteiger charge is 2.38. The second-order valence-corrected chi connectivity index (χ2v) is 7.80. The summed E-state index contributed by atoms with van der Waals surface area (Å²) in [6, 6.07) is 5.32. The molecule has 2 aromatic rings. The van der Waals surface area contributed by atoms with Gasteiger partial charge in [-0.15, -0.1) is 0 Å². The predicted molar refractivity (Wildman–Crippen MR) is 102 cm³/mol. The van der Waals surface area contributed by atoms with E-state index in [1.807, 2.05) is 6.07 Å². The molecule has 152 valence electrons. The van der Waals surface area contributed by atoms with Gasteiger partial charge >= 0.3 is 0 Å². The van der Waals surface area contributed by atoms with Crippen molar-refractivity contribution in [2.75, 3.05) is 19.7 Å². The fraction of sp³-hybridized carbons (Fsp3) is 0.524. The van der Waals surface area contributed by atoms with Crippen molar-refractivity contribution in [2.45, 2.75) is 39.0 Å². The fourth-order valence-corrected chi connectivity index (χ4v) is 4.05. The molecule has 1 amide bonds.